The van der Waals surface area contributed by atoms with Gasteiger partial charge >= 0.3 is 5.97 Å². The van der Waals surface area contributed by atoms with Crippen LogP contribution in [0.1, 0.15) is 50.4 Å². The van der Waals surface area contributed by atoms with E-state index in [0.29, 0.717) is 5.92 Å². The molecule has 1 aromatic rings. The third-order valence-corrected chi connectivity index (χ3v) is 5.26. The fourth-order valence-corrected chi connectivity index (χ4v) is 3.05. The Kier molecular flexibility index (Phi) is 8.74. The molecular weight excluding hydrogens is 356 g/mol. The zero-order valence-electron chi connectivity index (χ0n) is 15.7. The van der Waals surface area contributed by atoms with Crippen molar-refractivity contribution in [1.29, 1.82) is 0 Å². The van der Waals surface area contributed by atoms with Crippen molar-refractivity contribution in [2.45, 2.75) is 51.0 Å². The zero-order chi connectivity index (χ0) is 19.7. The number of ether oxygens (including phenoxy) is 1. The third-order valence-electron chi connectivity index (χ3n) is 3.83. The van der Waals surface area contributed by atoms with Crippen LogP contribution in [0.5, 0.6) is 0 Å². The lowest BCUT2D eigenvalue weighted by atomic mass is 10.0. The molecule has 0 saturated heterocycles. The van der Waals surface area contributed by atoms with Crippen LogP contribution in [-0.4, -0.2) is 40.0 Å². The molecule has 8 heteroatoms. The zero-order valence-corrected chi connectivity index (χ0v) is 16.6. The predicted octanol–water partition coefficient (Wildman–Crippen LogP) is 2.08. The molecule has 7 nitrogen and oxygen atoms in total. The van der Waals surface area contributed by atoms with Crippen LogP contribution >= 0.6 is 0 Å². The van der Waals surface area contributed by atoms with Crippen molar-refractivity contribution in [3.05, 3.63) is 29.8 Å². The number of carbonyl (C=O) groups is 2. The Labute approximate surface area is 155 Å². The first kappa shape index (κ1) is 22.1. The van der Waals surface area contributed by atoms with E-state index in [4.69, 9.17) is 4.74 Å². The van der Waals surface area contributed by atoms with E-state index in [-0.39, 0.29) is 29.0 Å². The van der Waals surface area contributed by atoms with Crippen LogP contribution < -0.4 is 10.0 Å². The molecule has 26 heavy (non-hydrogen) atoms. The number of esters is 1. The third kappa shape index (κ3) is 7.53. The van der Waals surface area contributed by atoms with Gasteiger partial charge in [-0.15, -0.1) is 0 Å². The largest absolute Gasteiger partial charge is 0.452 e. The molecule has 0 heterocycles. The van der Waals surface area contributed by atoms with Gasteiger partial charge in [0.25, 0.3) is 5.91 Å². The highest BCUT2D eigenvalue weighted by Crippen LogP contribution is 2.11. The Morgan fingerprint density at radius 1 is 1.08 bits per heavy atom. The lowest BCUT2D eigenvalue weighted by molar-refractivity contribution is -0.124. The van der Waals surface area contributed by atoms with Gasteiger partial charge in [-0.3, -0.25) is 4.79 Å². The maximum Gasteiger partial charge on any atom is 0.338 e. The van der Waals surface area contributed by atoms with E-state index in [1.165, 1.54) is 31.3 Å². The standard InChI is InChI=1S/C18H28N2O5S/c1-13(2)6-5-7-14(3)20-17(21)12-25-18(22)15-8-10-16(11-9-15)26(23,24)19-4/h8-11,13-14,19H,5-7,12H2,1-4H3,(H,20,21). The summed E-state index contributed by atoms with van der Waals surface area (Å²) in [7, 11) is -2.25. The average Bonchev–Trinajstić information content (AvgIpc) is 2.59. The van der Waals surface area contributed by atoms with Crippen LogP contribution in [0.25, 0.3) is 0 Å². The molecule has 2 N–H and O–H groups in total. The highest BCUT2D eigenvalue weighted by Gasteiger charge is 2.15. The number of hydrogen-bond donors (Lipinski definition) is 2. The Morgan fingerprint density at radius 3 is 2.23 bits per heavy atom. The number of carbonyl (C=O) groups excluding carboxylic acids is 2. The first-order valence-corrected chi connectivity index (χ1v) is 10.1. The van der Waals surface area contributed by atoms with E-state index < -0.39 is 16.0 Å². The minimum Gasteiger partial charge on any atom is -0.452 e. The Morgan fingerprint density at radius 2 is 1.69 bits per heavy atom. The van der Waals surface area contributed by atoms with E-state index in [9.17, 15) is 18.0 Å². The van der Waals surface area contributed by atoms with E-state index in [0.717, 1.165) is 19.3 Å². The molecule has 0 saturated carbocycles. The van der Waals surface area contributed by atoms with Gasteiger partial charge in [-0.1, -0.05) is 26.7 Å². The maximum absolute atomic E-state index is 11.9. The number of nitrogens with one attached hydrogen (secondary N) is 2. The molecule has 0 aromatic heterocycles. The summed E-state index contributed by atoms with van der Waals surface area (Å²) in [5.74, 6) is -0.404. The van der Waals surface area contributed by atoms with Crippen LogP contribution in [0, 0.1) is 5.92 Å². The van der Waals surface area contributed by atoms with E-state index in [1.54, 1.807) is 0 Å². The molecule has 0 spiro atoms. The average molecular weight is 384 g/mol. The van der Waals surface area contributed by atoms with Crippen LogP contribution in [0.4, 0.5) is 0 Å². The number of hydrogen-bond acceptors (Lipinski definition) is 5. The number of rotatable bonds is 10. The monoisotopic (exact) mass is 384 g/mol. The van der Waals surface area contributed by atoms with Gasteiger partial charge in [0.2, 0.25) is 10.0 Å². The molecule has 0 aliphatic carbocycles. The molecule has 1 amide bonds. The van der Waals surface area contributed by atoms with E-state index in [2.05, 4.69) is 23.9 Å². The molecule has 0 fully saturated rings. The quantitative estimate of drug-likeness (QED) is 0.602. The molecule has 146 valence electrons. The molecule has 0 aliphatic heterocycles. The number of sulfonamides is 1. The van der Waals surface area contributed by atoms with Crippen LogP contribution in [-0.2, 0) is 19.6 Å². The highest BCUT2D eigenvalue weighted by molar-refractivity contribution is 7.89. The second-order valence-corrected chi connectivity index (χ2v) is 8.49. The molecule has 1 rings (SSSR count). The smallest absolute Gasteiger partial charge is 0.338 e. The van der Waals surface area contributed by atoms with Crippen molar-refractivity contribution in [1.82, 2.24) is 10.0 Å². The highest BCUT2D eigenvalue weighted by atomic mass is 32.2. The fraction of sp³-hybridized carbons (Fsp3) is 0.556. The molecule has 0 radical (unpaired) electrons. The van der Waals surface area contributed by atoms with Gasteiger partial charge in [0.15, 0.2) is 6.61 Å². The van der Waals surface area contributed by atoms with Crippen LogP contribution in [0.15, 0.2) is 29.2 Å². The van der Waals surface area contributed by atoms with Gasteiger partial charge in [-0.25, -0.2) is 17.9 Å². The van der Waals surface area contributed by atoms with E-state index >= 15 is 0 Å². The minimum absolute atomic E-state index is 0.0194. The molecular formula is C18H28N2O5S. The Balaban J connectivity index is 2.45. The van der Waals surface area contributed by atoms with Crippen LogP contribution in [0.3, 0.4) is 0 Å². The van der Waals surface area contributed by atoms with Gasteiger partial charge in [0.05, 0.1) is 10.5 Å². The summed E-state index contributed by atoms with van der Waals surface area (Å²) in [5.41, 5.74) is 0.179. The lowest BCUT2D eigenvalue weighted by Crippen LogP contribution is -2.35. The molecule has 1 aromatic carbocycles. The second-order valence-electron chi connectivity index (χ2n) is 6.60. The number of amides is 1. The fourth-order valence-electron chi connectivity index (χ4n) is 2.32. The van der Waals surface area contributed by atoms with Crippen LogP contribution in [0.2, 0.25) is 0 Å². The Hall–Kier alpha value is -1.93. The predicted molar refractivity (Wildman–Crippen MR) is 99.3 cm³/mol. The van der Waals surface area contributed by atoms with Gasteiger partial charge in [-0.2, -0.15) is 0 Å². The summed E-state index contributed by atoms with van der Waals surface area (Å²) >= 11 is 0. The van der Waals surface area contributed by atoms with Crippen molar-refractivity contribution in [2.24, 2.45) is 5.92 Å². The van der Waals surface area contributed by atoms with Crippen molar-refractivity contribution in [3.8, 4) is 0 Å². The molecule has 0 aliphatic rings. The van der Waals surface area contributed by atoms with Crippen molar-refractivity contribution < 1.29 is 22.7 Å². The topological polar surface area (TPSA) is 102 Å². The molecule has 1 unspecified atom stereocenters. The summed E-state index contributed by atoms with van der Waals surface area (Å²) in [4.78, 5) is 23.8. The normalized spacial score (nSPS) is 12.7. The lowest BCUT2D eigenvalue weighted by Gasteiger charge is -2.14. The van der Waals surface area contributed by atoms with E-state index in [1.807, 2.05) is 6.92 Å². The van der Waals surface area contributed by atoms with Crippen molar-refractivity contribution in [2.75, 3.05) is 13.7 Å². The molecule has 1 atom stereocenters. The molecule has 0 bridgehead atoms. The van der Waals surface area contributed by atoms with Gasteiger partial charge in [-0.05, 0) is 50.6 Å². The minimum atomic E-state index is -3.56. The maximum atomic E-state index is 11.9. The summed E-state index contributed by atoms with van der Waals surface area (Å²) in [6.07, 6.45) is 3.01. The number of benzene rings is 1. The summed E-state index contributed by atoms with van der Waals surface area (Å²) in [6.45, 7) is 5.86. The first-order valence-electron chi connectivity index (χ1n) is 8.65. The van der Waals surface area contributed by atoms with Crippen molar-refractivity contribution in [3.63, 3.8) is 0 Å². The summed E-state index contributed by atoms with van der Waals surface area (Å²) in [5, 5.41) is 2.79. The first-order chi connectivity index (χ1) is 12.2. The second kappa shape index (κ2) is 10.3. The van der Waals surface area contributed by atoms with Gasteiger partial charge in [0.1, 0.15) is 0 Å². The van der Waals surface area contributed by atoms with Gasteiger partial charge in [0, 0.05) is 6.04 Å². The Bertz CT molecular complexity index is 699. The summed E-state index contributed by atoms with van der Waals surface area (Å²) < 4.78 is 30.4. The summed E-state index contributed by atoms with van der Waals surface area (Å²) in [6, 6.07) is 5.32. The SMILES string of the molecule is CNS(=O)(=O)c1ccc(C(=O)OCC(=O)NC(C)CCCC(C)C)cc1. The van der Waals surface area contributed by atoms with Gasteiger partial charge < -0.3 is 10.1 Å². The van der Waals surface area contributed by atoms with Crippen molar-refractivity contribution >= 4 is 21.9 Å².